The van der Waals surface area contributed by atoms with E-state index < -0.39 is 0 Å². The molecule has 1 heterocycles. The van der Waals surface area contributed by atoms with Gasteiger partial charge in [-0.25, -0.2) is 0 Å². The topological polar surface area (TPSA) is 38.8 Å². The Kier molecular flexibility index (Phi) is 7.12. The molecule has 1 aliphatic heterocycles. The Morgan fingerprint density at radius 2 is 1.63 bits per heavy atom. The smallest absolute Gasteiger partial charge is 0.238 e. The number of ether oxygens (including phenoxy) is 2. The fraction of sp³-hybridized carbons (Fsp3) is 0.333. The molecule has 3 rings (SSSR count). The highest BCUT2D eigenvalue weighted by Crippen LogP contribution is 2.20. The van der Waals surface area contributed by atoms with Crippen molar-refractivity contribution in [1.82, 2.24) is 4.90 Å². The van der Waals surface area contributed by atoms with Gasteiger partial charge >= 0.3 is 0 Å². The zero-order chi connectivity index (χ0) is 19.1. The number of hydrogen-bond acceptors (Lipinski definition) is 5. The molecule has 1 fully saturated rings. The molecule has 1 aliphatic rings. The third-order valence-corrected chi connectivity index (χ3v) is 5.86. The summed E-state index contributed by atoms with van der Waals surface area (Å²) >= 11 is 6.65. The van der Waals surface area contributed by atoms with Gasteiger partial charge in [0.2, 0.25) is 5.91 Å². The average molecular weight is 402 g/mol. The van der Waals surface area contributed by atoms with Crippen molar-refractivity contribution in [2.45, 2.75) is 19.3 Å². The number of thiocarbonyl (C=S) groups is 1. The number of benzene rings is 2. The number of nitrogens with zero attached hydrogens (tertiary/aromatic N) is 1. The van der Waals surface area contributed by atoms with Crippen molar-refractivity contribution in [1.29, 1.82) is 0 Å². The predicted octanol–water partition coefficient (Wildman–Crippen LogP) is 4.11. The normalized spacial score (nSPS) is 13.9. The third kappa shape index (κ3) is 5.71. The second kappa shape index (κ2) is 9.76. The molecule has 142 valence electrons. The van der Waals surface area contributed by atoms with E-state index in [2.05, 4.69) is 24.3 Å². The van der Waals surface area contributed by atoms with Crippen molar-refractivity contribution in [3.05, 3.63) is 59.7 Å². The Labute approximate surface area is 169 Å². The second-order valence-electron chi connectivity index (χ2n) is 6.29. The molecular weight excluding hydrogens is 378 g/mol. The van der Waals surface area contributed by atoms with Crippen LogP contribution < -0.4 is 9.47 Å². The summed E-state index contributed by atoms with van der Waals surface area (Å²) in [5, 5.41) is 0. The van der Waals surface area contributed by atoms with Gasteiger partial charge in [-0.15, -0.1) is 0 Å². The van der Waals surface area contributed by atoms with Crippen LogP contribution >= 0.6 is 24.0 Å². The molecule has 6 heteroatoms. The standard InChI is InChI=1S/C21H23NO3S2/c1-24-18-8-4-16(5-9-18)3-2-14-25-19-10-6-17(7-11-19)12-13-22-20(23)15-27-21(22)26/h4-11H,2-3,12-15H2,1H3. The molecule has 2 aromatic rings. The lowest BCUT2D eigenvalue weighted by Gasteiger charge is -2.14. The van der Waals surface area contributed by atoms with Crippen LogP contribution in [0, 0.1) is 0 Å². The maximum Gasteiger partial charge on any atom is 0.238 e. The van der Waals surface area contributed by atoms with Crippen LogP contribution in [0.2, 0.25) is 0 Å². The van der Waals surface area contributed by atoms with E-state index in [0.717, 1.165) is 30.8 Å². The largest absolute Gasteiger partial charge is 0.497 e. The molecule has 0 saturated carbocycles. The minimum atomic E-state index is 0.113. The lowest BCUT2D eigenvalue weighted by molar-refractivity contribution is -0.123. The molecule has 0 N–H and O–H groups in total. The summed E-state index contributed by atoms with van der Waals surface area (Å²) in [6.07, 6.45) is 2.73. The van der Waals surface area contributed by atoms with E-state index in [1.54, 1.807) is 12.0 Å². The lowest BCUT2D eigenvalue weighted by Crippen LogP contribution is -2.30. The minimum Gasteiger partial charge on any atom is -0.497 e. The number of methoxy groups -OCH3 is 1. The Bertz CT molecular complexity index is 759. The number of carbonyl (C=O) groups is 1. The van der Waals surface area contributed by atoms with Gasteiger partial charge in [0.05, 0.1) is 19.5 Å². The molecule has 0 radical (unpaired) electrons. The highest BCUT2D eigenvalue weighted by Gasteiger charge is 2.25. The predicted molar refractivity (Wildman–Crippen MR) is 114 cm³/mol. The first-order chi connectivity index (χ1) is 13.2. The van der Waals surface area contributed by atoms with E-state index in [-0.39, 0.29) is 5.91 Å². The quantitative estimate of drug-likeness (QED) is 0.467. The van der Waals surface area contributed by atoms with Crippen LogP contribution in [-0.2, 0) is 17.6 Å². The average Bonchev–Trinajstić information content (AvgIpc) is 3.02. The molecule has 4 nitrogen and oxygen atoms in total. The van der Waals surface area contributed by atoms with Crippen molar-refractivity contribution in [2.24, 2.45) is 0 Å². The Balaban J connectivity index is 1.38. The van der Waals surface area contributed by atoms with Crippen molar-refractivity contribution in [3.63, 3.8) is 0 Å². The van der Waals surface area contributed by atoms with Crippen LogP contribution in [0.1, 0.15) is 17.5 Å². The summed E-state index contributed by atoms with van der Waals surface area (Å²) < 4.78 is 11.7. The molecule has 0 atom stereocenters. The molecule has 0 bridgehead atoms. The van der Waals surface area contributed by atoms with Crippen molar-refractivity contribution < 1.29 is 14.3 Å². The Morgan fingerprint density at radius 1 is 1.00 bits per heavy atom. The summed E-state index contributed by atoms with van der Waals surface area (Å²) in [6, 6.07) is 16.2. The number of hydrogen-bond donors (Lipinski definition) is 0. The summed E-state index contributed by atoms with van der Waals surface area (Å²) in [7, 11) is 1.67. The molecular formula is C21H23NO3S2. The summed E-state index contributed by atoms with van der Waals surface area (Å²) in [5.74, 6) is 2.34. The number of aryl methyl sites for hydroxylation is 1. The van der Waals surface area contributed by atoms with Crippen LogP contribution in [0.15, 0.2) is 48.5 Å². The monoisotopic (exact) mass is 401 g/mol. The SMILES string of the molecule is COc1ccc(CCCOc2ccc(CCN3C(=O)CSC3=S)cc2)cc1. The fourth-order valence-corrected chi connectivity index (χ4v) is 3.97. The van der Waals surface area contributed by atoms with Gasteiger partial charge in [-0.2, -0.15) is 0 Å². The minimum absolute atomic E-state index is 0.113. The van der Waals surface area contributed by atoms with Gasteiger partial charge < -0.3 is 9.47 Å². The lowest BCUT2D eigenvalue weighted by atomic mass is 10.1. The zero-order valence-electron chi connectivity index (χ0n) is 15.3. The zero-order valence-corrected chi connectivity index (χ0v) is 17.0. The summed E-state index contributed by atoms with van der Waals surface area (Å²) in [4.78, 5) is 13.4. The van der Waals surface area contributed by atoms with E-state index in [1.165, 1.54) is 22.9 Å². The van der Waals surface area contributed by atoms with Gasteiger partial charge in [0.25, 0.3) is 0 Å². The van der Waals surface area contributed by atoms with Crippen LogP contribution in [0.3, 0.4) is 0 Å². The number of carbonyl (C=O) groups excluding carboxylic acids is 1. The molecule has 27 heavy (non-hydrogen) atoms. The van der Waals surface area contributed by atoms with E-state index in [4.69, 9.17) is 21.7 Å². The molecule has 0 aromatic heterocycles. The van der Waals surface area contributed by atoms with Crippen molar-refractivity contribution in [3.8, 4) is 11.5 Å². The molecule has 0 spiro atoms. The van der Waals surface area contributed by atoms with Crippen molar-refractivity contribution >= 4 is 34.2 Å². The molecule has 1 saturated heterocycles. The molecule has 0 unspecified atom stereocenters. The highest BCUT2D eigenvalue weighted by molar-refractivity contribution is 8.23. The molecule has 1 amide bonds. The third-order valence-electron chi connectivity index (χ3n) is 4.43. The van der Waals surface area contributed by atoms with E-state index >= 15 is 0 Å². The Morgan fingerprint density at radius 3 is 2.22 bits per heavy atom. The molecule has 0 aliphatic carbocycles. The van der Waals surface area contributed by atoms with Crippen molar-refractivity contribution in [2.75, 3.05) is 26.0 Å². The van der Waals surface area contributed by atoms with Gasteiger partial charge in [0, 0.05) is 6.54 Å². The fourth-order valence-electron chi connectivity index (χ4n) is 2.85. The highest BCUT2D eigenvalue weighted by atomic mass is 32.2. The second-order valence-corrected chi connectivity index (χ2v) is 7.90. The first-order valence-corrected chi connectivity index (χ1v) is 10.4. The molecule has 2 aromatic carbocycles. The van der Waals surface area contributed by atoms with Gasteiger partial charge in [-0.1, -0.05) is 48.2 Å². The van der Waals surface area contributed by atoms with Crippen LogP contribution in [0.25, 0.3) is 0 Å². The maximum atomic E-state index is 11.7. The first-order valence-electron chi connectivity index (χ1n) is 8.97. The summed E-state index contributed by atoms with van der Waals surface area (Å²) in [5.41, 5.74) is 2.45. The van der Waals surface area contributed by atoms with Gasteiger partial charge in [-0.3, -0.25) is 9.69 Å². The van der Waals surface area contributed by atoms with E-state index in [9.17, 15) is 4.79 Å². The van der Waals surface area contributed by atoms with E-state index in [0.29, 0.717) is 23.2 Å². The van der Waals surface area contributed by atoms with Crippen LogP contribution in [-0.4, -0.2) is 41.1 Å². The first kappa shape index (κ1) is 19.7. The van der Waals surface area contributed by atoms with Gasteiger partial charge in [0.15, 0.2) is 0 Å². The summed E-state index contributed by atoms with van der Waals surface area (Å²) in [6.45, 7) is 1.33. The van der Waals surface area contributed by atoms with Gasteiger partial charge in [-0.05, 0) is 54.7 Å². The maximum absolute atomic E-state index is 11.7. The van der Waals surface area contributed by atoms with Crippen LogP contribution in [0.5, 0.6) is 11.5 Å². The number of rotatable bonds is 9. The van der Waals surface area contributed by atoms with Gasteiger partial charge in [0.1, 0.15) is 15.8 Å². The Hall–Kier alpha value is -2.05. The number of thioether (sulfide) groups is 1. The van der Waals surface area contributed by atoms with Crippen LogP contribution in [0.4, 0.5) is 0 Å². The number of amides is 1. The van der Waals surface area contributed by atoms with E-state index in [1.807, 2.05) is 24.3 Å².